The first-order chi connectivity index (χ1) is 12.8. The highest BCUT2D eigenvalue weighted by Gasteiger charge is 2.21. The largest absolute Gasteiger partial charge is 0.379 e. The number of hydrogen-bond donors (Lipinski definition) is 0. The SMILES string of the molecule is CSc1ccc(C(=O)c2nc(CN3CCOCC3)c3ccccn23)cc1. The zero-order valence-electron chi connectivity index (χ0n) is 14.7. The Hall–Kier alpha value is -2.15. The summed E-state index contributed by atoms with van der Waals surface area (Å²) in [6.45, 7) is 4.02. The molecule has 1 fully saturated rings. The Morgan fingerprint density at radius 1 is 1.15 bits per heavy atom. The number of rotatable bonds is 5. The molecule has 1 aliphatic rings. The number of hydrogen-bond acceptors (Lipinski definition) is 5. The van der Waals surface area contributed by atoms with Gasteiger partial charge in [0.25, 0.3) is 0 Å². The van der Waals surface area contributed by atoms with Crippen molar-refractivity contribution < 1.29 is 9.53 Å². The van der Waals surface area contributed by atoms with Crippen LogP contribution in [0.25, 0.3) is 5.52 Å². The normalized spacial score (nSPS) is 15.4. The molecule has 0 amide bonds. The third kappa shape index (κ3) is 3.40. The first-order valence-electron chi connectivity index (χ1n) is 8.71. The van der Waals surface area contributed by atoms with Crippen molar-refractivity contribution in [2.75, 3.05) is 32.6 Å². The second-order valence-electron chi connectivity index (χ2n) is 6.28. The highest BCUT2D eigenvalue weighted by atomic mass is 32.2. The third-order valence-corrected chi connectivity index (χ3v) is 5.40. The smallest absolute Gasteiger partial charge is 0.228 e. The van der Waals surface area contributed by atoms with Crippen molar-refractivity contribution >= 4 is 23.1 Å². The third-order valence-electron chi connectivity index (χ3n) is 4.66. The molecule has 0 bridgehead atoms. The Kier molecular flexibility index (Phi) is 5.06. The fourth-order valence-corrected chi connectivity index (χ4v) is 3.63. The number of carbonyl (C=O) groups excluding carboxylic acids is 1. The van der Waals surface area contributed by atoms with Gasteiger partial charge in [-0.25, -0.2) is 4.98 Å². The molecular weight excluding hydrogens is 346 g/mol. The monoisotopic (exact) mass is 367 g/mol. The summed E-state index contributed by atoms with van der Waals surface area (Å²) in [6.07, 6.45) is 3.94. The van der Waals surface area contributed by atoms with E-state index in [1.54, 1.807) is 11.8 Å². The van der Waals surface area contributed by atoms with Crippen LogP contribution in [0.1, 0.15) is 21.9 Å². The lowest BCUT2D eigenvalue weighted by atomic mass is 10.1. The first-order valence-corrected chi connectivity index (χ1v) is 9.93. The molecule has 6 heteroatoms. The minimum absolute atomic E-state index is 0.0490. The molecular formula is C20H21N3O2S. The van der Waals surface area contributed by atoms with Gasteiger partial charge in [-0.1, -0.05) is 6.07 Å². The molecule has 1 saturated heterocycles. The van der Waals surface area contributed by atoms with Gasteiger partial charge < -0.3 is 4.74 Å². The van der Waals surface area contributed by atoms with Gasteiger partial charge in [0.2, 0.25) is 5.78 Å². The number of nitrogens with zero attached hydrogens (tertiary/aromatic N) is 3. The van der Waals surface area contributed by atoms with Crippen molar-refractivity contribution in [1.29, 1.82) is 0 Å². The van der Waals surface area contributed by atoms with Crippen LogP contribution in [-0.4, -0.2) is 52.6 Å². The van der Waals surface area contributed by atoms with E-state index in [-0.39, 0.29) is 5.78 Å². The van der Waals surface area contributed by atoms with Gasteiger partial charge in [-0.3, -0.25) is 14.1 Å². The fourth-order valence-electron chi connectivity index (χ4n) is 3.22. The van der Waals surface area contributed by atoms with Gasteiger partial charge in [-0.05, 0) is 42.7 Å². The maximum absolute atomic E-state index is 13.0. The Bertz CT molecular complexity index is 914. The molecule has 4 rings (SSSR count). The van der Waals surface area contributed by atoms with Crippen LogP contribution < -0.4 is 0 Å². The van der Waals surface area contributed by atoms with E-state index in [4.69, 9.17) is 9.72 Å². The van der Waals surface area contributed by atoms with E-state index in [1.807, 2.05) is 59.3 Å². The Labute approximate surface area is 157 Å². The van der Waals surface area contributed by atoms with Crippen molar-refractivity contribution in [1.82, 2.24) is 14.3 Å². The maximum atomic E-state index is 13.0. The van der Waals surface area contributed by atoms with Gasteiger partial charge in [-0.2, -0.15) is 0 Å². The predicted octanol–water partition coefficient (Wildman–Crippen LogP) is 3.12. The van der Waals surface area contributed by atoms with Gasteiger partial charge in [0, 0.05) is 36.3 Å². The molecule has 0 radical (unpaired) electrons. The number of pyridine rings is 1. The molecule has 0 atom stereocenters. The summed E-state index contributed by atoms with van der Waals surface area (Å²) in [7, 11) is 0. The Morgan fingerprint density at radius 2 is 1.92 bits per heavy atom. The molecule has 5 nitrogen and oxygen atoms in total. The summed E-state index contributed by atoms with van der Waals surface area (Å²) in [4.78, 5) is 21.2. The van der Waals surface area contributed by atoms with E-state index in [9.17, 15) is 4.79 Å². The lowest BCUT2D eigenvalue weighted by Crippen LogP contribution is -2.35. The average molecular weight is 367 g/mol. The molecule has 134 valence electrons. The molecule has 0 unspecified atom stereocenters. The predicted molar refractivity (Wildman–Crippen MR) is 103 cm³/mol. The number of imidazole rings is 1. The standard InChI is InChI=1S/C20H21N3O2S/c1-26-16-7-5-15(6-8-16)19(24)20-21-17(14-22-10-12-25-13-11-22)18-4-2-3-9-23(18)20/h2-9H,10-14H2,1H3. The number of ether oxygens (including phenoxy) is 1. The molecule has 3 heterocycles. The second kappa shape index (κ2) is 7.61. The second-order valence-corrected chi connectivity index (χ2v) is 7.16. The van der Waals surface area contributed by atoms with Crippen LogP contribution in [0.2, 0.25) is 0 Å². The average Bonchev–Trinajstić information content (AvgIpc) is 3.07. The quantitative estimate of drug-likeness (QED) is 0.512. The number of benzene rings is 1. The number of aromatic nitrogens is 2. The topological polar surface area (TPSA) is 46.8 Å². The maximum Gasteiger partial charge on any atom is 0.228 e. The molecule has 3 aromatic rings. The molecule has 0 aliphatic carbocycles. The van der Waals surface area contributed by atoms with Gasteiger partial charge in [-0.15, -0.1) is 11.8 Å². The van der Waals surface area contributed by atoms with Crippen LogP contribution in [0.4, 0.5) is 0 Å². The van der Waals surface area contributed by atoms with Gasteiger partial charge in [0.05, 0.1) is 24.4 Å². The lowest BCUT2D eigenvalue weighted by Gasteiger charge is -2.25. The van der Waals surface area contributed by atoms with E-state index in [0.717, 1.165) is 49.0 Å². The van der Waals surface area contributed by atoms with Gasteiger partial charge in [0.15, 0.2) is 5.82 Å². The summed E-state index contributed by atoms with van der Waals surface area (Å²) in [5.74, 6) is 0.424. The van der Waals surface area contributed by atoms with Crippen LogP contribution in [0.15, 0.2) is 53.6 Å². The van der Waals surface area contributed by atoms with Crippen LogP contribution in [0.3, 0.4) is 0 Å². The van der Waals surface area contributed by atoms with Crippen LogP contribution in [0, 0.1) is 0 Å². The number of thioether (sulfide) groups is 1. The van der Waals surface area contributed by atoms with E-state index in [2.05, 4.69) is 4.90 Å². The molecule has 2 aromatic heterocycles. The summed E-state index contributed by atoms with van der Waals surface area (Å²) in [5.41, 5.74) is 2.59. The fraction of sp³-hybridized carbons (Fsp3) is 0.300. The first kappa shape index (κ1) is 17.3. The summed E-state index contributed by atoms with van der Waals surface area (Å²) >= 11 is 1.66. The van der Waals surface area contributed by atoms with E-state index >= 15 is 0 Å². The van der Waals surface area contributed by atoms with E-state index in [0.29, 0.717) is 11.4 Å². The summed E-state index contributed by atoms with van der Waals surface area (Å²) in [6, 6.07) is 13.6. The van der Waals surface area contributed by atoms with Crippen molar-refractivity contribution in [2.24, 2.45) is 0 Å². The van der Waals surface area contributed by atoms with E-state index in [1.165, 1.54) is 0 Å². The molecule has 0 spiro atoms. The van der Waals surface area contributed by atoms with Gasteiger partial charge >= 0.3 is 0 Å². The molecule has 1 aliphatic heterocycles. The van der Waals surface area contributed by atoms with Crippen molar-refractivity contribution in [3.63, 3.8) is 0 Å². The summed E-state index contributed by atoms with van der Waals surface area (Å²) in [5, 5.41) is 0. The molecule has 0 saturated carbocycles. The number of fused-ring (bicyclic) bond motifs is 1. The molecule has 26 heavy (non-hydrogen) atoms. The van der Waals surface area contributed by atoms with Crippen LogP contribution >= 0.6 is 11.8 Å². The minimum Gasteiger partial charge on any atom is -0.379 e. The number of ketones is 1. The van der Waals surface area contributed by atoms with Crippen LogP contribution in [-0.2, 0) is 11.3 Å². The zero-order valence-corrected chi connectivity index (χ0v) is 15.5. The van der Waals surface area contributed by atoms with E-state index < -0.39 is 0 Å². The lowest BCUT2D eigenvalue weighted by molar-refractivity contribution is 0.0338. The highest BCUT2D eigenvalue weighted by molar-refractivity contribution is 7.98. The highest BCUT2D eigenvalue weighted by Crippen LogP contribution is 2.20. The van der Waals surface area contributed by atoms with Crippen molar-refractivity contribution in [2.45, 2.75) is 11.4 Å². The van der Waals surface area contributed by atoms with Crippen molar-refractivity contribution in [3.8, 4) is 0 Å². The van der Waals surface area contributed by atoms with Crippen molar-refractivity contribution in [3.05, 3.63) is 65.7 Å². The van der Waals surface area contributed by atoms with Crippen LogP contribution in [0.5, 0.6) is 0 Å². The Balaban J connectivity index is 1.68. The number of morpholine rings is 1. The molecule has 0 N–H and O–H groups in total. The summed E-state index contributed by atoms with van der Waals surface area (Å²) < 4.78 is 7.33. The Morgan fingerprint density at radius 3 is 2.65 bits per heavy atom. The minimum atomic E-state index is -0.0490. The van der Waals surface area contributed by atoms with Gasteiger partial charge in [0.1, 0.15) is 0 Å². The molecule has 1 aromatic carbocycles. The number of carbonyl (C=O) groups is 1. The zero-order chi connectivity index (χ0) is 17.9.